The minimum absolute atomic E-state index is 0.416. The van der Waals surface area contributed by atoms with Gasteiger partial charge in [0.05, 0.1) is 21.6 Å². The predicted octanol–water partition coefficient (Wildman–Crippen LogP) is 1.67. The lowest BCUT2D eigenvalue weighted by atomic mass is 9.78. The van der Waals surface area contributed by atoms with E-state index in [0.717, 1.165) is 18.4 Å². The van der Waals surface area contributed by atoms with E-state index in [2.05, 4.69) is 0 Å². The molecule has 0 N–H and O–H groups in total. The van der Waals surface area contributed by atoms with Crippen LogP contribution in [0.2, 0.25) is 0 Å². The number of hydrogen-bond donors (Lipinski definition) is 0. The van der Waals surface area contributed by atoms with E-state index < -0.39 is 50.2 Å². The Labute approximate surface area is 123 Å². The highest BCUT2D eigenvalue weighted by Gasteiger charge is 2.53. The first kappa shape index (κ1) is 16.4. The molecule has 0 saturated carbocycles. The van der Waals surface area contributed by atoms with Crippen molar-refractivity contribution in [3.05, 3.63) is 23.8 Å². The third kappa shape index (κ3) is 2.84. The Bertz CT molecular complexity index is 646. The predicted molar refractivity (Wildman–Crippen MR) is 75.2 cm³/mol. The van der Waals surface area contributed by atoms with Crippen LogP contribution in [0.15, 0.2) is 17.0 Å². The molecular weight excluding hydrogens is 301 g/mol. The molecule has 0 bridgehead atoms. The van der Waals surface area contributed by atoms with E-state index in [1.165, 1.54) is 0 Å². The molecule has 1 aliphatic rings. The highest BCUT2D eigenvalue weighted by Crippen LogP contribution is 2.37. The second-order valence-corrected chi connectivity index (χ2v) is 8.18. The Morgan fingerprint density at radius 2 is 1.38 bits per heavy atom. The maximum atomic E-state index is 14.1. The third-order valence-electron chi connectivity index (χ3n) is 3.97. The summed E-state index contributed by atoms with van der Waals surface area (Å²) in [5, 5.41) is 0. The van der Waals surface area contributed by atoms with Crippen LogP contribution in [-0.2, 0) is 19.1 Å². The standard InChI is InChI=1S/C13H17BF2O4S/c1-12(2)13(3,4)20-14(19-12)11-9(15)6-8(7-10(11)16)21(5,17)18/h6-7H,1-5H3. The lowest BCUT2D eigenvalue weighted by Gasteiger charge is -2.32. The highest BCUT2D eigenvalue weighted by molar-refractivity contribution is 7.90. The fourth-order valence-electron chi connectivity index (χ4n) is 1.96. The molecule has 0 radical (unpaired) electrons. The molecule has 116 valence electrons. The molecule has 0 atom stereocenters. The summed E-state index contributed by atoms with van der Waals surface area (Å²) in [5.41, 5.74) is -1.90. The van der Waals surface area contributed by atoms with Crippen LogP contribution in [0.4, 0.5) is 8.78 Å². The third-order valence-corrected chi connectivity index (χ3v) is 5.06. The number of benzene rings is 1. The first-order chi connectivity index (χ1) is 9.35. The number of rotatable bonds is 2. The summed E-state index contributed by atoms with van der Waals surface area (Å²) in [5.74, 6) is -2.01. The van der Waals surface area contributed by atoms with Gasteiger partial charge in [0.2, 0.25) is 0 Å². The van der Waals surface area contributed by atoms with E-state index in [0.29, 0.717) is 0 Å². The summed E-state index contributed by atoms with van der Waals surface area (Å²) >= 11 is 0. The van der Waals surface area contributed by atoms with Gasteiger partial charge in [-0.15, -0.1) is 0 Å². The van der Waals surface area contributed by atoms with Crippen LogP contribution < -0.4 is 5.46 Å². The number of sulfone groups is 1. The monoisotopic (exact) mass is 318 g/mol. The average Bonchev–Trinajstić information content (AvgIpc) is 2.45. The summed E-state index contributed by atoms with van der Waals surface area (Å²) in [4.78, 5) is -0.419. The van der Waals surface area contributed by atoms with Crippen molar-refractivity contribution in [1.82, 2.24) is 0 Å². The normalized spacial score (nSPS) is 20.8. The molecule has 0 aliphatic carbocycles. The Morgan fingerprint density at radius 3 is 1.71 bits per heavy atom. The van der Waals surface area contributed by atoms with Crippen LogP contribution in [0.3, 0.4) is 0 Å². The molecule has 4 nitrogen and oxygen atoms in total. The zero-order valence-corrected chi connectivity index (χ0v) is 13.3. The lowest BCUT2D eigenvalue weighted by molar-refractivity contribution is 0.00578. The fraction of sp³-hybridized carbons (Fsp3) is 0.538. The van der Waals surface area contributed by atoms with Gasteiger partial charge in [-0.2, -0.15) is 0 Å². The maximum absolute atomic E-state index is 14.1. The van der Waals surface area contributed by atoms with Gasteiger partial charge in [0.15, 0.2) is 9.84 Å². The Kier molecular flexibility index (Phi) is 3.71. The van der Waals surface area contributed by atoms with Crippen molar-refractivity contribution in [3.8, 4) is 0 Å². The van der Waals surface area contributed by atoms with Crippen LogP contribution in [0.5, 0.6) is 0 Å². The van der Waals surface area contributed by atoms with Gasteiger partial charge in [-0.05, 0) is 39.8 Å². The fourth-order valence-corrected chi connectivity index (χ4v) is 2.60. The first-order valence-electron chi connectivity index (χ1n) is 6.40. The summed E-state index contributed by atoms with van der Waals surface area (Å²) in [6, 6.07) is 1.55. The molecule has 1 aromatic rings. The van der Waals surface area contributed by atoms with E-state index in [9.17, 15) is 17.2 Å². The van der Waals surface area contributed by atoms with Crippen molar-refractivity contribution < 1.29 is 26.5 Å². The SMILES string of the molecule is CC1(C)OB(c2c(F)cc(S(C)(=O)=O)cc2F)OC1(C)C. The molecule has 0 amide bonds. The van der Waals surface area contributed by atoms with Crippen molar-refractivity contribution in [2.24, 2.45) is 0 Å². The molecule has 1 fully saturated rings. The Morgan fingerprint density at radius 1 is 1.00 bits per heavy atom. The number of halogens is 2. The van der Waals surface area contributed by atoms with Crippen molar-refractivity contribution in [2.45, 2.75) is 43.8 Å². The van der Waals surface area contributed by atoms with Crippen LogP contribution in [-0.4, -0.2) is 33.0 Å². The topological polar surface area (TPSA) is 52.6 Å². The average molecular weight is 318 g/mol. The summed E-state index contributed by atoms with van der Waals surface area (Å²) in [6.45, 7) is 7.03. The summed E-state index contributed by atoms with van der Waals surface area (Å²) < 4.78 is 62.2. The van der Waals surface area contributed by atoms with E-state index in [-0.39, 0.29) is 0 Å². The van der Waals surface area contributed by atoms with E-state index in [1.807, 2.05) is 0 Å². The molecule has 21 heavy (non-hydrogen) atoms. The molecule has 1 aliphatic heterocycles. The van der Waals surface area contributed by atoms with Crippen molar-refractivity contribution in [2.75, 3.05) is 6.26 Å². The molecule has 2 rings (SSSR count). The van der Waals surface area contributed by atoms with Gasteiger partial charge in [-0.25, -0.2) is 17.2 Å². The second-order valence-electron chi connectivity index (χ2n) is 6.16. The molecule has 1 heterocycles. The molecule has 0 spiro atoms. The summed E-state index contributed by atoms with van der Waals surface area (Å²) in [6.07, 6.45) is 0.885. The van der Waals surface area contributed by atoms with Crippen molar-refractivity contribution >= 4 is 22.4 Å². The van der Waals surface area contributed by atoms with Gasteiger partial charge >= 0.3 is 7.12 Å². The van der Waals surface area contributed by atoms with Gasteiger partial charge in [0.1, 0.15) is 11.6 Å². The van der Waals surface area contributed by atoms with Crippen LogP contribution in [0.1, 0.15) is 27.7 Å². The van der Waals surface area contributed by atoms with E-state index in [1.54, 1.807) is 27.7 Å². The van der Waals surface area contributed by atoms with Gasteiger partial charge < -0.3 is 9.31 Å². The first-order valence-corrected chi connectivity index (χ1v) is 8.29. The highest BCUT2D eigenvalue weighted by atomic mass is 32.2. The van der Waals surface area contributed by atoms with E-state index >= 15 is 0 Å². The van der Waals surface area contributed by atoms with Crippen molar-refractivity contribution in [1.29, 1.82) is 0 Å². The van der Waals surface area contributed by atoms with E-state index in [4.69, 9.17) is 9.31 Å². The van der Waals surface area contributed by atoms with Gasteiger partial charge in [-0.3, -0.25) is 0 Å². The molecule has 0 unspecified atom stereocenters. The lowest BCUT2D eigenvalue weighted by Crippen LogP contribution is -2.41. The molecule has 1 saturated heterocycles. The smallest absolute Gasteiger partial charge is 0.399 e. The molecular formula is C13H17BF2O4S. The largest absolute Gasteiger partial charge is 0.500 e. The van der Waals surface area contributed by atoms with Gasteiger partial charge in [0, 0.05) is 6.26 Å². The molecule has 8 heteroatoms. The van der Waals surface area contributed by atoms with Gasteiger partial charge in [0.25, 0.3) is 0 Å². The van der Waals surface area contributed by atoms with Crippen LogP contribution >= 0.6 is 0 Å². The van der Waals surface area contributed by atoms with Gasteiger partial charge in [-0.1, -0.05) is 0 Å². The quantitative estimate of drug-likeness (QED) is 0.779. The molecule has 1 aromatic carbocycles. The maximum Gasteiger partial charge on any atom is 0.500 e. The zero-order chi connectivity index (χ0) is 16.2. The second kappa shape index (κ2) is 4.76. The minimum atomic E-state index is -3.70. The Hall–Kier alpha value is -0.985. The van der Waals surface area contributed by atoms with Crippen molar-refractivity contribution in [3.63, 3.8) is 0 Å². The minimum Gasteiger partial charge on any atom is -0.399 e. The Balaban J connectivity index is 2.48. The zero-order valence-electron chi connectivity index (χ0n) is 12.5. The number of hydrogen-bond acceptors (Lipinski definition) is 4. The van der Waals surface area contributed by atoms with Crippen LogP contribution in [0, 0.1) is 11.6 Å². The molecule has 0 aromatic heterocycles. The van der Waals surface area contributed by atoms with Crippen LogP contribution in [0.25, 0.3) is 0 Å². The summed E-state index contributed by atoms with van der Waals surface area (Å²) in [7, 11) is -4.91.